The molecule has 138 valence electrons. The van der Waals surface area contributed by atoms with Gasteiger partial charge in [-0.2, -0.15) is 0 Å². The van der Waals surface area contributed by atoms with Crippen molar-refractivity contribution in [3.05, 3.63) is 77.5 Å². The molecule has 4 heteroatoms. The second kappa shape index (κ2) is 7.89. The number of ether oxygens (including phenoxy) is 1. The summed E-state index contributed by atoms with van der Waals surface area (Å²) in [6.45, 7) is 4.00. The van der Waals surface area contributed by atoms with E-state index in [2.05, 4.69) is 17.1 Å². The van der Waals surface area contributed by atoms with Crippen LogP contribution in [0.3, 0.4) is 0 Å². The largest absolute Gasteiger partial charge is 0.373 e. The maximum Gasteiger partial charge on any atom is 0.255 e. The van der Waals surface area contributed by atoms with Gasteiger partial charge in [0.05, 0.1) is 29.5 Å². The van der Waals surface area contributed by atoms with E-state index in [1.807, 2.05) is 60.4 Å². The molecule has 4 rings (SSSR count). The average molecular weight is 360 g/mol. The van der Waals surface area contributed by atoms with Crippen molar-refractivity contribution in [1.29, 1.82) is 0 Å². The number of pyridine rings is 1. The van der Waals surface area contributed by atoms with Gasteiger partial charge in [0, 0.05) is 18.5 Å². The quantitative estimate of drug-likeness (QED) is 0.694. The third kappa shape index (κ3) is 4.01. The minimum Gasteiger partial charge on any atom is -0.373 e. The van der Waals surface area contributed by atoms with Crippen molar-refractivity contribution in [2.24, 2.45) is 0 Å². The summed E-state index contributed by atoms with van der Waals surface area (Å²) in [4.78, 5) is 19.5. The number of carbonyl (C=O) groups is 1. The fourth-order valence-electron chi connectivity index (χ4n) is 3.61. The predicted octanol–water partition coefficient (Wildman–Crippen LogP) is 4.36. The van der Waals surface area contributed by atoms with Gasteiger partial charge in [-0.15, -0.1) is 0 Å². The smallest absolute Gasteiger partial charge is 0.255 e. The molecule has 0 N–H and O–H groups in total. The summed E-state index contributed by atoms with van der Waals surface area (Å²) in [7, 11) is 0. The Kier molecular flexibility index (Phi) is 5.16. The number of nitrogens with zero attached hydrogens (tertiary/aromatic N) is 2. The highest BCUT2D eigenvalue weighted by molar-refractivity contribution is 5.98. The standard InChI is InChI=1S/C23H24N2O2/c1-17-21(15-19-9-5-6-10-22(19)24-17)23(26)25-13-11-20(12-14-25)27-16-18-7-3-2-4-8-18/h2-10,15,20H,11-14,16H2,1H3. The van der Waals surface area contributed by atoms with E-state index < -0.39 is 0 Å². The van der Waals surface area contributed by atoms with E-state index in [0.717, 1.165) is 42.5 Å². The number of fused-ring (bicyclic) bond motifs is 1. The number of benzene rings is 2. The number of amides is 1. The second-order valence-electron chi connectivity index (χ2n) is 7.10. The first kappa shape index (κ1) is 17.7. The fraction of sp³-hybridized carbons (Fsp3) is 0.304. The SMILES string of the molecule is Cc1nc2ccccc2cc1C(=O)N1CCC(OCc2ccccc2)CC1. The van der Waals surface area contributed by atoms with Gasteiger partial charge >= 0.3 is 0 Å². The lowest BCUT2D eigenvalue weighted by Crippen LogP contribution is -2.41. The number of rotatable bonds is 4. The number of hydrogen-bond donors (Lipinski definition) is 0. The van der Waals surface area contributed by atoms with Crippen molar-refractivity contribution in [3.8, 4) is 0 Å². The predicted molar refractivity (Wildman–Crippen MR) is 107 cm³/mol. The number of carbonyl (C=O) groups excluding carboxylic acids is 1. The number of para-hydroxylation sites is 1. The van der Waals surface area contributed by atoms with E-state index in [0.29, 0.717) is 12.2 Å². The molecule has 0 unspecified atom stereocenters. The number of aryl methyl sites for hydroxylation is 1. The summed E-state index contributed by atoms with van der Waals surface area (Å²) in [5, 5.41) is 1.01. The van der Waals surface area contributed by atoms with Crippen LogP contribution >= 0.6 is 0 Å². The molecule has 2 heterocycles. The molecule has 1 saturated heterocycles. The molecule has 0 aliphatic carbocycles. The minimum atomic E-state index is 0.0762. The Hall–Kier alpha value is -2.72. The molecule has 1 fully saturated rings. The van der Waals surface area contributed by atoms with Gasteiger partial charge < -0.3 is 9.64 Å². The molecule has 4 nitrogen and oxygen atoms in total. The van der Waals surface area contributed by atoms with Crippen LogP contribution in [-0.4, -0.2) is 35.0 Å². The van der Waals surface area contributed by atoms with Crippen LogP contribution in [0.5, 0.6) is 0 Å². The Balaban J connectivity index is 1.38. The molecule has 0 atom stereocenters. The van der Waals surface area contributed by atoms with E-state index in [9.17, 15) is 4.79 Å². The molecular weight excluding hydrogens is 336 g/mol. The van der Waals surface area contributed by atoms with Crippen LogP contribution in [0.25, 0.3) is 10.9 Å². The fourth-order valence-corrected chi connectivity index (χ4v) is 3.61. The molecule has 27 heavy (non-hydrogen) atoms. The van der Waals surface area contributed by atoms with Gasteiger partial charge in [-0.25, -0.2) is 0 Å². The van der Waals surface area contributed by atoms with Gasteiger partial charge in [-0.05, 0) is 37.5 Å². The van der Waals surface area contributed by atoms with Gasteiger partial charge in [0.2, 0.25) is 0 Å². The minimum absolute atomic E-state index is 0.0762. The van der Waals surface area contributed by atoms with Crippen LogP contribution in [0.2, 0.25) is 0 Å². The Morgan fingerprint density at radius 2 is 1.78 bits per heavy atom. The zero-order valence-corrected chi connectivity index (χ0v) is 15.6. The molecule has 3 aromatic rings. The molecule has 1 aliphatic heterocycles. The van der Waals surface area contributed by atoms with E-state index >= 15 is 0 Å². The molecule has 2 aromatic carbocycles. The van der Waals surface area contributed by atoms with Crippen LogP contribution in [-0.2, 0) is 11.3 Å². The van der Waals surface area contributed by atoms with Gasteiger partial charge in [0.25, 0.3) is 5.91 Å². The summed E-state index contributed by atoms with van der Waals surface area (Å²) in [5.41, 5.74) is 3.62. The first-order valence-electron chi connectivity index (χ1n) is 9.52. The van der Waals surface area contributed by atoms with Crippen molar-refractivity contribution in [2.45, 2.75) is 32.5 Å². The molecule has 1 aliphatic rings. The number of hydrogen-bond acceptors (Lipinski definition) is 3. The maximum absolute atomic E-state index is 13.0. The zero-order valence-electron chi connectivity index (χ0n) is 15.6. The number of aromatic nitrogens is 1. The lowest BCUT2D eigenvalue weighted by molar-refractivity contribution is -0.000399. The zero-order chi connectivity index (χ0) is 18.6. The monoisotopic (exact) mass is 360 g/mol. The van der Waals surface area contributed by atoms with E-state index in [1.54, 1.807) is 0 Å². The van der Waals surface area contributed by atoms with Crippen LogP contribution in [0.15, 0.2) is 60.7 Å². The number of piperidine rings is 1. The highest BCUT2D eigenvalue weighted by Crippen LogP contribution is 2.21. The van der Waals surface area contributed by atoms with Crippen molar-refractivity contribution in [1.82, 2.24) is 9.88 Å². The molecule has 0 radical (unpaired) electrons. The summed E-state index contributed by atoms with van der Waals surface area (Å²) < 4.78 is 6.03. The van der Waals surface area contributed by atoms with Gasteiger partial charge in [-0.3, -0.25) is 9.78 Å². The first-order valence-corrected chi connectivity index (χ1v) is 9.52. The number of likely N-dealkylation sites (tertiary alicyclic amines) is 1. The van der Waals surface area contributed by atoms with E-state index in [1.165, 1.54) is 5.56 Å². The van der Waals surface area contributed by atoms with Crippen LogP contribution in [0.1, 0.15) is 34.5 Å². The third-order valence-electron chi connectivity index (χ3n) is 5.20. The summed E-state index contributed by atoms with van der Waals surface area (Å²) >= 11 is 0. The Morgan fingerprint density at radius 3 is 2.56 bits per heavy atom. The Bertz CT molecular complexity index is 932. The normalized spacial score (nSPS) is 15.2. The molecule has 0 spiro atoms. The highest BCUT2D eigenvalue weighted by atomic mass is 16.5. The average Bonchev–Trinajstić information content (AvgIpc) is 2.72. The lowest BCUT2D eigenvalue weighted by atomic mass is 10.0. The van der Waals surface area contributed by atoms with E-state index in [4.69, 9.17) is 4.74 Å². The first-order chi connectivity index (χ1) is 13.2. The third-order valence-corrected chi connectivity index (χ3v) is 5.20. The van der Waals surface area contributed by atoms with Crippen LogP contribution in [0.4, 0.5) is 0 Å². The molecule has 0 saturated carbocycles. The van der Waals surface area contributed by atoms with Gasteiger partial charge in [0.1, 0.15) is 0 Å². The van der Waals surface area contributed by atoms with Crippen molar-refractivity contribution >= 4 is 16.8 Å². The van der Waals surface area contributed by atoms with Gasteiger partial charge in [0.15, 0.2) is 0 Å². The summed E-state index contributed by atoms with van der Waals surface area (Å²) in [5.74, 6) is 0.0762. The maximum atomic E-state index is 13.0. The highest BCUT2D eigenvalue weighted by Gasteiger charge is 2.25. The van der Waals surface area contributed by atoms with Crippen LogP contribution in [0, 0.1) is 6.92 Å². The molecule has 1 aromatic heterocycles. The molecular formula is C23H24N2O2. The summed E-state index contributed by atoms with van der Waals surface area (Å²) in [6, 6.07) is 20.1. The molecule has 0 bridgehead atoms. The lowest BCUT2D eigenvalue weighted by Gasteiger charge is -2.32. The van der Waals surface area contributed by atoms with Crippen LogP contribution < -0.4 is 0 Å². The van der Waals surface area contributed by atoms with Gasteiger partial charge in [-0.1, -0.05) is 48.5 Å². The Labute approximate surface area is 159 Å². The molecule has 1 amide bonds. The van der Waals surface area contributed by atoms with Crippen molar-refractivity contribution < 1.29 is 9.53 Å². The van der Waals surface area contributed by atoms with E-state index in [-0.39, 0.29) is 12.0 Å². The van der Waals surface area contributed by atoms with Crippen molar-refractivity contribution in [3.63, 3.8) is 0 Å². The topological polar surface area (TPSA) is 42.4 Å². The Morgan fingerprint density at radius 1 is 1.07 bits per heavy atom. The summed E-state index contributed by atoms with van der Waals surface area (Å²) in [6.07, 6.45) is 1.96. The second-order valence-corrected chi connectivity index (χ2v) is 7.10. The van der Waals surface area contributed by atoms with Crippen molar-refractivity contribution in [2.75, 3.05) is 13.1 Å².